The van der Waals surface area contributed by atoms with E-state index in [-0.39, 0.29) is 23.0 Å². The minimum atomic E-state index is -0.340. The predicted octanol–water partition coefficient (Wildman–Crippen LogP) is 4.66. The van der Waals surface area contributed by atoms with Crippen LogP contribution in [0, 0.1) is 0 Å². The van der Waals surface area contributed by atoms with Crippen LogP contribution in [-0.4, -0.2) is 29.6 Å². The van der Waals surface area contributed by atoms with Gasteiger partial charge in [-0.2, -0.15) is 0 Å². The third kappa shape index (κ3) is 6.79. The quantitative estimate of drug-likeness (QED) is 0.547. The Morgan fingerprint density at radius 2 is 1.71 bits per heavy atom. The van der Waals surface area contributed by atoms with Crippen LogP contribution in [-0.2, 0) is 0 Å². The van der Waals surface area contributed by atoms with Crippen LogP contribution in [0.25, 0.3) is 0 Å². The van der Waals surface area contributed by atoms with E-state index in [1.165, 1.54) is 19.3 Å². The molecule has 0 unspecified atom stereocenters. The van der Waals surface area contributed by atoms with Crippen molar-refractivity contribution in [2.24, 2.45) is 0 Å². The lowest BCUT2D eigenvalue weighted by Crippen LogP contribution is -2.36. The van der Waals surface area contributed by atoms with Gasteiger partial charge in [-0.25, -0.2) is 0 Å². The van der Waals surface area contributed by atoms with E-state index in [9.17, 15) is 9.59 Å². The summed E-state index contributed by atoms with van der Waals surface area (Å²) >= 11 is 5.27. The van der Waals surface area contributed by atoms with Crippen LogP contribution in [0.3, 0.4) is 0 Å². The Labute approximate surface area is 188 Å². The lowest BCUT2D eigenvalue weighted by molar-refractivity contribution is 0.0926. The number of rotatable bonds is 7. The molecule has 2 amide bonds. The molecule has 7 heteroatoms. The molecule has 0 aromatic heterocycles. The normalized spacial score (nSPS) is 13.8. The maximum absolute atomic E-state index is 12.6. The fourth-order valence-corrected chi connectivity index (χ4v) is 3.76. The third-order valence-corrected chi connectivity index (χ3v) is 5.37. The van der Waals surface area contributed by atoms with Crippen molar-refractivity contribution in [2.75, 3.05) is 11.9 Å². The molecule has 6 nitrogen and oxygen atoms in total. The highest BCUT2D eigenvalue weighted by atomic mass is 32.1. The van der Waals surface area contributed by atoms with E-state index >= 15 is 0 Å². The van der Waals surface area contributed by atoms with Crippen LogP contribution in [0.5, 0.6) is 5.75 Å². The summed E-state index contributed by atoms with van der Waals surface area (Å²) in [6.07, 6.45) is 6.54. The van der Waals surface area contributed by atoms with Gasteiger partial charge in [-0.05, 0) is 67.9 Å². The maximum Gasteiger partial charge on any atom is 0.261 e. The number of benzene rings is 2. The number of hydrogen-bond donors (Lipinski definition) is 3. The first kappa shape index (κ1) is 22.7. The fourth-order valence-electron chi connectivity index (χ4n) is 3.55. The molecule has 31 heavy (non-hydrogen) atoms. The molecule has 0 bridgehead atoms. The molecule has 1 aliphatic rings. The summed E-state index contributed by atoms with van der Waals surface area (Å²) in [6, 6.07) is 14.4. The largest absolute Gasteiger partial charge is 0.493 e. The average molecular weight is 440 g/mol. The van der Waals surface area contributed by atoms with Gasteiger partial charge in [0.25, 0.3) is 11.8 Å². The Balaban J connectivity index is 1.53. The van der Waals surface area contributed by atoms with E-state index in [2.05, 4.69) is 16.0 Å². The van der Waals surface area contributed by atoms with Gasteiger partial charge in [0.05, 0.1) is 12.2 Å². The highest BCUT2D eigenvalue weighted by molar-refractivity contribution is 7.80. The van der Waals surface area contributed by atoms with E-state index in [1.54, 1.807) is 42.5 Å². The van der Waals surface area contributed by atoms with Gasteiger partial charge < -0.3 is 15.4 Å². The summed E-state index contributed by atoms with van der Waals surface area (Å²) in [5, 5.41) is 8.94. The minimum Gasteiger partial charge on any atom is -0.493 e. The van der Waals surface area contributed by atoms with Gasteiger partial charge in [-0.3, -0.25) is 14.9 Å². The van der Waals surface area contributed by atoms with Gasteiger partial charge in [-0.1, -0.05) is 38.3 Å². The van der Waals surface area contributed by atoms with Crippen LogP contribution < -0.4 is 20.7 Å². The molecular formula is C24H29N3O3S. The number of amides is 2. The summed E-state index contributed by atoms with van der Waals surface area (Å²) in [7, 11) is 0. The van der Waals surface area contributed by atoms with E-state index in [0.29, 0.717) is 29.2 Å². The molecule has 0 saturated heterocycles. The second-order valence-electron chi connectivity index (χ2n) is 7.64. The molecule has 2 aromatic rings. The van der Waals surface area contributed by atoms with E-state index in [0.717, 1.165) is 19.3 Å². The number of nitrogens with one attached hydrogen (secondary N) is 3. The molecule has 3 N–H and O–H groups in total. The van der Waals surface area contributed by atoms with E-state index in [4.69, 9.17) is 17.0 Å². The number of ether oxygens (including phenoxy) is 1. The first-order valence-electron chi connectivity index (χ1n) is 10.8. The van der Waals surface area contributed by atoms with Crippen LogP contribution in [0.4, 0.5) is 5.69 Å². The smallest absolute Gasteiger partial charge is 0.261 e. The molecule has 0 aliphatic heterocycles. The Morgan fingerprint density at radius 1 is 1.00 bits per heavy atom. The molecule has 164 valence electrons. The molecule has 3 rings (SSSR count). The number of carbonyl (C=O) groups excluding carboxylic acids is 2. The van der Waals surface area contributed by atoms with Crippen molar-refractivity contribution in [1.29, 1.82) is 0 Å². The highest BCUT2D eigenvalue weighted by Gasteiger charge is 2.17. The summed E-state index contributed by atoms with van der Waals surface area (Å²) < 4.78 is 5.63. The van der Waals surface area contributed by atoms with Gasteiger partial charge in [-0.15, -0.1) is 0 Å². The molecule has 0 heterocycles. The summed E-state index contributed by atoms with van der Waals surface area (Å²) in [5.74, 6) is 0.128. The highest BCUT2D eigenvalue weighted by Crippen LogP contribution is 2.19. The van der Waals surface area contributed by atoms with Crippen molar-refractivity contribution in [3.8, 4) is 5.75 Å². The molecule has 1 saturated carbocycles. The molecule has 1 aliphatic carbocycles. The Morgan fingerprint density at radius 3 is 2.42 bits per heavy atom. The zero-order valence-electron chi connectivity index (χ0n) is 17.8. The Hall–Kier alpha value is -2.93. The van der Waals surface area contributed by atoms with Crippen LogP contribution >= 0.6 is 12.2 Å². The Bertz CT molecular complexity index is 909. The van der Waals surface area contributed by atoms with Crippen LogP contribution in [0.15, 0.2) is 48.5 Å². The molecule has 1 fully saturated rings. The van der Waals surface area contributed by atoms with Crippen molar-refractivity contribution < 1.29 is 14.3 Å². The number of thiocarbonyl (C=S) groups is 1. The second kappa shape index (κ2) is 11.5. The van der Waals surface area contributed by atoms with Gasteiger partial charge in [0.2, 0.25) is 0 Å². The summed E-state index contributed by atoms with van der Waals surface area (Å²) in [5.41, 5.74) is 1.72. The lowest BCUT2D eigenvalue weighted by atomic mass is 9.95. The number of para-hydroxylation sites is 1. The molecule has 2 aromatic carbocycles. The van der Waals surface area contributed by atoms with Crippen molar-refractivity contribution in [3.63, 3.8) is 0 Å². The number of anilines is 1. The van der Waals surface area contributed by atoms with Crippen molar-refractivity contribution in [2.45, 2.75) is 51.5 Å². The van der Waals surface area contributed by atoms with E-state index in [1.807, 2.05) is 13.0 Å². The van der Waals surface area contributed by atoms with Crippen molar-refractivity contribution >= 4 is 34.8 Å². The number of carbonyl (C=O) groups is 2. The molecule has 0 atom stereocenters. The first-order chi connectivity index (χ1) is 15.1. The zero-order valence-corrected chi connectivity index (χ0v) is 18.6. The molecule has 0 radical (unpaired) electrons. The topological polar surface area (TPSA) is 79.5 Å². The Kier molecular flexibility index (Phi) is 8.41. The SMILES string of the molecule is CCCOc1ccccc1C(=O)NC(=S)Nc1ccc(C(=O)NC2CCCCC2)cc1. The predicted molar refractivity (Wildman–Crippen MR) is 127 cm³/mol. The van der Waals surface area contributed by atoms with Gasteiger partial charge in [0.15, 0.2) is 5.11 Å². The number of hydrogen-bond acceptors (Lipinski definition) is 4. The van der Waals surface area contributed by atoms with Gasteiger partial charge in [0.1, 0.15) is 5.75 Å². The van der Waals surface area contributed by atoms with Crippen LogP contribution in [0.1, 0.15) is 66.2 Å². The lowest BCUT2D eigenvalue weighted by Gasteiger charge is -2.22. The van der Waals surface area contributed by atoms with E-state index < -0.39 is 0 Å². The summed E-state index contributed by atoms with van der Waals surface area (Å²) in [6.45, 7) is 2.54. The monoisotopic (exact) mass is 439 g/mol. The standard InChI is InChI=1S/C24H29N3O3S/c1-2-16-30-21-11-7-6-10-20(21)23(29)27-24(31)26-19-14-12-17(13-15-19)22(28)25-18-8-4-3-5-9-18/h6-7,10-15,18H,2-5,8-9,16H2,1H3,(H,25,28)(H2,26,27,29,31). The van der Waals surface area contributed by atoms with Crippen molar-refractivity contribution in [3.05, 3.63) is 59.7 Å². The van der Waals surface area contributed by atoms with Gasteiger partial charge >= 0.3 is 0 Å². The average Bonchev–Trinajstić information content (AvgIpc) is 2.79. The molecular weight excluding hydrogens is 410 g/mol. The summed E-state index contributed by atoms with van der Waals surface area (Å²) in [4.78, 5) is 25.0. The zero-order chi connectivity index (χ0) is 22.1. The van der Waals surface area contributed by atoms with Crippen molar-refractivity contribution in [1.82, 2.24) is 10.6 Å². The van der Waals surface area contributed by atoms with Crippen LogP contribution in [0.2, 0.25) is 0 Å². The molecule has 0 spiro atoms. The third-order valence-electron chi connectivity index (χ3n) is 5.17. The fraction of sp³-hybridized carbons (Fsp3) is 0.375. The maximum atomic E-state index is 12.6. The first-order valence-corrected chi connectivity index (χ1v) is 11.2. The van der Waals surface area contributed by atoms with Gasteiger partial charge in [0, 0.05) is 17.3 Å². The minimum absolute atomic E-state index is 0.0574. The second-order valence-corrected chi connectivity index (χ2v) is 8.05.